The molecular weight excluding hydrogens is 172 g/mol. The molecule has 5 heteroatoms. The van der Waals surface area contributed by atoms with Crippen LogP contribution in [-0.4, -0.2) is 37.9 Å². The number of nitrogens with two attached hydrogens (primary N) is 1. The zero-order chi connectivity index (χ0) is 9.90. The highest BCUT2D eigenvalue weighted by atomic mass is 16.7. The fraction of sp³-hybridized carbons (Fsp3) is 0.875. The summed E-state index contributed by atoms with van der Waals surface area (Å²) in [6.45, 7) is 4.43. The smallest absolute Gasteiger partial charge is 0.163 e. The quantitative estimate of drug-likeness (QED) is 0.593. The van der Waals surface area contributed by atoms with Crippen molar-refractivity contribution in [3.63, 3.8) is 0 Å². The Morgan fingerprint density at radius 3 is 2.85 bits per heavy atom. The van der Waals surface area contributed by atoms with Crippen molar-refractivity contribution in [1.29, 1.82) is 0 Å². The largest absolute Gasteiger partial charge is 0.399 e. The zero-order valence-corrected chi connectivity index (χ0v) is 8.24. The van der Waals surface area contributed by atoms with Crippen molar-refractivity contribution in [2.45, 2.75) is 25.7 Å². The standard InChI is InChI=1S/C8H16N2O3/c1-8(2)12-4-6(9)7(5-13-8)10-11-3/h6H,4-5,9H2,1-3H3. The molecule has 1 unspecified atom stereocenters. The van der Waals surface area contributed by atoms with Crippen molar-refractivity contribution in [3.05, 3.63) is 0 Å². The van der Waals surface area contributed by atoms with Gasteiger partial charge < -0.3 is 20.0 Å². The zero-order valence-electron chi connectivity index (χ0n) is 8.24. The molecule has 1 aliphatic heterocycles. The molecule has 1 fully saturated rings. The molecule has 0 amide bonds. The lowest BCUT2D eigenvalue weighted by Gasteiger charge is -2.22. The highest BCUT2D eigenvalue weighted by Crippen LogP contribution is 2.15. The third kappa shape index (κ3) is 2.95. The Labute approximate surface area is 77.8 Å². The van der Waals surface area contributed by atoms with Gasteiger partial charge in [0.25, 0.3) is 0 Å². The van der Waals surface area contributed by atoms with E-state index in [0.29, 0.717) is 18.9 Å². The predicted octanol–water partition coefficient (Wildman–Crippen LogP) is 0.0990. The van der Waals surface area contributed by atoms with E-state index in [1.807, 2.05) is 13.8 Å². The van der Waals surface area contributed by atoms with Gasteiger partial charge >= 0.3 is 0 Å². The van der Waals surface area contributed by atoms with Crippen molar-refractivity contribution in [1.82, 2.24) is 0 Å². The highest BCUT2D eigenvalue weighted by Gasteiger charge is 2.27. The van der Waals surface area contributed by atoms with E-state index in [4.69, 9.17) is 15.2 Å². The number of hydrogen-bond acceptors (Lipinski definition) is 5. The van der Waals surface area contributed by atoms with Crippen LogP contribution in [0.25, 0.3) is 0 Å². The monoisotopic (exact) mass is 188 g/mol. The topological polar surface area (TPSA) is 66.1 Å². The Bertz CT molecular complexity index is 204. The van der Waals surface area contributed by atoms with E-state index in [1.54, 1.807) is 0 Å². The minimum absolute atomic E-state index is 0.248. The van der Waals surface area contributed by atoms with Gasteiger partial charge in [0.1, 0.15) is 12.8 Å². The molecule has 5 nitrogen and oxygen atoms in total. The molecule has 13 heavy (non-hydrogen) atoms. The molecule has 76 valence electrons. The van der Waals surface area contributed by atoms with Crippen LogP contribution >= 0.6 is 0 Å². The van der Waals surface area contributed by atoms with Gasteiger partial charge in [-0.05, 0) is 13.8 Å². The summed E-state index contributed by atoms with van der Waals surface area (Å²) in [5, 5.41) is 3.78. The van der Waals surface area contributed by atoms with Crippen LogP contribution in [-0.2, 0) is 14.3 Å². The van der Waals surface area contributed by atoms with E-state index in [9.17, 15) is 0 Å². The third-order valence-electron chi connectivity index (χ3n) is 1.81. The van der Waals surface area contributed by atoms with Crippen molar-refractivity contribution >= 4 is 5.71 Å². The van der Waals surface area contributed by atoms with Gasteiger partial charge in [-0.2, -0.15) is 0 Å². The molecule has 0 aromatic heterocycles. The Morgan fingerprint density at radius 1 is 1.54 bits per heavy atom. The molecule has 1 rings (SSSR count). The average Bonchev–Trinajstić information content (AvgIpc) is 2.18. The summed E-state index contributed by atoms with van der Waals surface area (Å²) in [5.41, 5.74) is 6.44. The molecule has 1 aliphatic rings. The van der Waals surface area contributed by atoms with Gasteiger partial charge in [-0.25, -0.2) is 0 Å². The van der Waals surface area contributed by atoms with E-state index in [-0.39, 0.29) is 6.04 Å². The van der Waals surface area contributed by atoms with Gasteiger partial charge in [-0.15, -0.1) is 0 Å². The number of ether oxygens (including phenoxy) is 2. The van der Waals surface area contributed by atoms with Gasteiger partial charge in [0, 0.05) is 0 Å². The van der Waals surface area contributed by atoms with E-state index >= 15 is 0 Å². The molecule has 0 spiro atoms. The second-order valence-electron chi connectivity index (χ2n) is 3.37. The molecule has 0 aromatic rings. The lowest BCUT2D eigenvalue weighted by atomic mass is 10.2. The second kappa shape index (κ2) is 4.04. The molecule has 0 aliphatic carbocycles. The predicted molar refractivity (Wildman–Crippen MR) is 48.4 cm³/mol. The number of oxime groups is 1. The molecule has 0 radical (unpaired) electrons. The van der Waals surface area contributed by atoms with E-state index in [2.05, 4.69) is 9.99 Å². The summed E-state index contributed by atoms with van der Waals surface area (Å²) < 4.78 is 10.8. The maximum Gasteiger partial charge on any atom is 0.163 e. The summed E-state index contributed by atoms with van der Waals surface area (Å²) in [7, 11) is 1.48. The molecule has 2 N–H and O–H groups in total. The van der Waals surface area contributed by atoms with Crippen molar-refractivity contribution < 1.29 is 14.3 Å². The molecule has 1 heterocycles. The van der Waals surface area contributed by atoms with Crippen LogP contribution in [0.3, 0.4) is 0 Å². The van der Waals surface area contributed by atoms with Crippen LogP contribution in [0.2, 0.25) is 0 Å². The molecule has 1 saturated heterocycles. The van der Waals surface area contributed by atoms with Gasteiger partial charge in [-0.1, -0.05) is 5.16 Å². The Kier molecular flexibility index (Phi) is 3.24. The Hall–Kier alpha value is -0.650. The summed E-state index contributed by atoms with van der Waals surface area (Å²) in [6.07, 6.45) is 0. The van der Waals surface area contributed by atoms with Crippen LogP contribution in [0.5, 0.6) is 0 Å². The molecule has 0 aromatic carbocycles. The van der Waals surface area contributed by atoms with Crippen molar-refractivity contribution in [2.75, 3.05) is 20.3 Å². The average molecular weight is 188 g/mol. The minimum Gasteiger partial charge on any atom is -0.399 e. The van der Waals surface area contributed by atoms with Crippen LogP contribution in [0, 0.1) is 0 Å². The fourth-order valence-electron chi connectivity index (χ4n) is 0.994. The minimum atomic E-state index is -0.595. The van der Waals surface area contributed by atoms with E-state index in [1.165, 1.54) is 7.11 Å². The first-order valence-electron chi connectivity index (χ1n) is 4.18. The van der Waals surface area contributed by atoms with E-state index in [0.717, 1.165) is 0 Å². The maximum absolute atomic E-state index is 5.77. The molecule has 0 saturated carbocycles. The van der Waals surface area contributed by atoms with Crippen LogP contribution in [0.15, 0.2) is 5.16 Å². The SMILES string of the molecule is CON=C1COC(C)(C)OCC1N. The number of hydrogen-bond donors (Lipinski definition) is 1. The van der Waals surface area contributed by atoms with Crippen LogP contribution in [0.4, 0.5) is 0 Å². The molecule has 0 bridgehead atoms. The van der Waals surface area contributed by atoms with Crippen molar-refractivity contribution in [2.24, 2.45) is 10.9 Å². The summed E-state index contributed by atoms with van der Waals surface area (Å²) in [6, 6.07) is -0.248. The lowest BCUT2D eigenvalue weighted by Crippen LogP contribution is -2.35. The summed E-state index contributed by atoms with van der Waals surface area (Å²) in [4.78, 5) is 4.65. The van der Waals surface area contributed by atoms with Gasteiger partial charge in [0.05, 0.1) is 19.3 Å². The van der Waals surface area contributed by atoms with Crippen molar-refractivity contribution in [3.8, 4) is 0 Å². The first-order chi connectivity index (χ1) is 6.05. The third-order valence-corrected chi connectivity index (χ3v) is 1.81. The summed E-state index contributed by atoms with van der Waals surface area (Å²) >= 11 is 0. The Morgan fingerprint density at radius 2 is 2.23 bits per heavy atom. The van der Waals surface area contributed by atoms with E-state index < -0.39 is 5.79 Å². The summed E-state index contributed by atoms with van der Waals surface area (Å²) in [5.74, 6) is -0.595. The first kappa shape index (κ1) is 10.4. The van der Waals surface area contributed by atoms with Gasteiger partial charge in [-0.3, -0.25) is 0 Å². The molecular formula is C8H16N2O3. The second-order valence-corrected chi connectivity index (χ2v) is 3.37. The number of nitrogens with zero attached hydrogens (tertiary/aromatic N) is 1. The molecule has 1 atom stereocenters. The van der Waals surface area contributed by atoms with Gasteiger partial charge in [0.15, 0.2) is 5.79 Å². The van der Waals surface area contributed by atoms with Gasteiger partial charge in [0.2, 0.25) is 0 Å². The first-order valence-corrected chi connectivity index (χ1v) is 4.18. The number of rotatable bonds is 1. The normalized spacial score (nSPS) is 31.4. The van der Waals surface area contributed by atoms with Crippen LogP contribution < -0.4 is 5.73 Å². The lowest BCUT2D eigenvalue weighted by molar-refractivity contribution is -0.197. The van der Waals surface area contributed by atoms with Crippen LogP contribution in [0.1, 0.15) is 13.8 Å². The highest BCUT2D eigenvalue weighted by molar-refractivity contribution is 5.90. The fourth-order valence-corrected chi connectivity index (χ4v) is 0.994. The maximum atomic E-state index is 5.77. The Balaban J connectivity index is 2.65.